The largest absolute Gasteiger partial charge is 0.366 e. The lowest BCUT2D eigenvalue weighted by Gasteiger charge is -2.42. The number of rotatable bonds is 2. The third-order valence-corrected chi connectivity index (χ3v) is 5.73. The molecule has 7 nitrogen and oxygen atoms in total. The van der Waals surface area contributed by atoms with Crippen LogP contribution < -0.4 is 0 Å². The minimum atomic E-state index is 0.0143. The molecule has 4 rings (SSSR count). The molecule has 0 spiro atoms. The number of nitrogens with one attached hydrogen (secondary N) is 1. The Bertz CT molecular complexity index is 684. The Hall–Kier alpha value is -1.89. The van der Waals surface area contributed by atoms with Gasteiger partial charge in [0.1, 0.15) is 6.61 Å². The van der Waals surface area contributed by atoms with Crippen molar-refractivity contribution in [2.75, 3.05) is 19.7 Å². The number of morpholine rings is 1. The fourth-order valence-electron chi connectivity index (χ4n) is 4.53. The zero-order valence-electron chi connectivity index (χ0n) is 15.0. The van der Waals surface area contributed by atoms with Gasteiger partial charge in [-0.15, -0.1) is 0 Å². The monoisotopic (exact) mass is 346 g/mol. The summed E-state index contributed by atoms with van der Waals surface area (Å²) in [4.78, 5) is 29.1. The van der Waals surface area contributed by atoms with Crippen LogP contribution in [0, 0.1) is 0 Å². The predicted octanol–water partition coefficient (Wildman–Crippen LogP) is 1.14. The van der Waals surface area contributed by atoms with Crippen LogP contribution in [0.1, 0.15) is 54.9 Å². The number of hydrogen-bond donors (Lipinski definition) is 1. The molecule has 3 aliphatic rings. The molecule has 2 aliphatic heterocycles. The number of nitrogens with zero attached hydrogens (tertiary/aromatic N) is 3. The molecule has 1 aliphatic carbocycles. The van der Waals surface area contributed by atoms with Crippen LogP contribution >= 0.6 is 0 Å². The molecule has 0 saturated carbocycles. The number of aromatic nitrogens is 2. The summed E-state index contributed by atoms with van der Waals surface area (Å²) in [6, 6.07) is 0.213. The maximum absolute atomic E-state index is 13.0. The molecule has 25 heavy (non-hydrogen) atoms. The van der Waals surface area contributed by atoms with Crippen LogP contribution in [0.3, 0.4) is 0 Å². The van der Waals surface area contributed by atoms with E-state index < -0.39 is 0 Å². The molecule has 1 N–H and O–H groups in total. The molecule has 0 unspecified atom stereocenters. The lowest BCUT2D eigenvalue weighted by atomic mass is 10.0. The van der Waals surface area contributed by atoms with E-state index in [-0.39, 0.29) is 36.6 Å². The average Bonchev–Trinajstić information content (AvgIpc) is 3.12. The number of carbonyl (C=O) groups excluding carboxylic acids is 2. The molecular weight excluding hydrogens is 320 g/mol. The second-order valence-electron chi connectivity index (χ2n) is 7.56. The third-order valence-electron chi connectivity index (χ3n) is 5.73. The highest BCUT2D eigenvalue weighted by Crippen LogP contribution is 2.28. The molecule has 1 aromatic heterocycles. The molecule has 0 aromatic carbocycles. The van der Waals surface area contributed by atoms with Crippen LogP contribution in [-0.4, -0.2) is 69.7 Å². The quantitative estimate of drug-likeness (QED) is 0.871. The van der Waals surface area contributed by atoms with Gasteiger partial charge in [-0.3, -0.25) is 14.7 Å². The lowest BCUT2D eigenvalue weighted by molar-refractivity contribution is -0.160. The fraction of sp³-hybridized carbons (Fsp3) is 0.722. The molecule has 0 bridgehead atoms. The average molecular weight is 346 g/mol. The van der Waals surface area contributed by atoms with Crippen molar-refractivity contribution in [3.05, 3.63) is 17.0 Å². The summed E-state index contributed by atoms with van der Waals surface area (Å²) in [5.74, 6) is 0.0709. The summed E-state index contributed by atoms with van der Waals surface area (Å²) in [7, 11) is 0. The second-order valence-corrected chi connectivity index (χ2v) is 7.56. The summed E-state index contributed by atoms with van der Waals surface area (Å²) in [6.45, 7) is 5.53. The summed E-state index contributed by atoms with van der Waals surface area (Å²) < 4.78 is 5.80. The van der Waals surface area contributed by atoms with E-state index in [0.29, 0.717) is 18.8 Å². The van der Waals surface area contributed by atoms with Crippen LogP contribution in [0.2, 0.25) is 0 Å². The van der Waals surface area contributed by atoms with E-state index >= 15 is 0 Å². The zero-order chi connectivity index (χ0) is 17.6. The van der Waals surface area contributed by atoms with Crippen molar-refractivity contribution in [2.45, 2.75) is 64.1 Å². The van der Waals surface area contributed by atoms with Crippen molar-refractivity contribution < 1.29 is 14.3 Å². The number of carbonyl (C=O) groups is 2. The minimum absolute atomic E-state index is 0.0143. The number of aromatic amines is 1. The molecule has 2 atom stereocenters. The molecule has 2 fully saturated rings. The van der Waals surface area contributed by atoms with Crippen molar-refractivity contribution in [2.24, 2.45) is 0 Å². The number of likely N-dealkylation sites (tertiary alicyclic amines) is 1. The first-order chi connectivity index (χ1) is 12.1. The van der Waals surface area contributed by atoms with Crippen molar-refractivity contribution in [1.29, 1.82) is 0 Å². The second kappa shape index (κ2) is 6.44. The van der Waals surface area contributed by atoms with Gasteiger partial charge in [0, 0.05) is 30.4 Å². The van der Waals surface area contributed by atoms with Crippen molar-refractivity contribution in [3.8, 4) is 0 Å². The van der Waals surface area contributed by atoms with Crippen molar-refractivity contribution >= 4 is 11.8 Å². The van der Waals surface area contributed by atoms with E-state index in [9.17, 15) is 9.59 Å². The normalized spacial score (nSPS) is 26.6. The molecule has 0 radical (unpaired) electrons. The van der Waals surface area contributed by atoms with Crippen molar-refractivity contribution in [1.82, 2.24) is 20.0 Å². The van der Waals surface area contributed by atoms with Gasteiger partial charge < -0.3 is 14.5 Å². The fourth-order valence-corrected chi connectivity index (χ4v) is 4.53. The summed E-state index contributed by atoms with van der Waals surface area (Å²) in [6.07, 6.45) is 4.55. The van der Waals surface area contributed by atoms with E-state index in [1.165, 1.54) is 0 Å². The number of fused-ring (bicyclic) bond motifs is 2. The van der Waals surface area contributed by atoms with Gasteiger partial charge in [-0.1, -0.05) is 0 Å². The molecule has 2 amide bonds. The van der Waals surface area contributed by atoms with Gasteiger partial charge in [0.05, 0.1) is 12.1 Å². The van der Waals surface area contributed by atoms with E-state index in [1.807, 2.05) is 23.6 Å². The first-order valence-corrected chi connectivity index (χ1v) is 9.34. The van der Waals surface area contributed by atoms with Gasteiger partial charge in [-0.25, -0.2) is 0 Å². The van der Waals surface area contributed by atoms with E-state index in [2.05, 4.69) is 10.2 Å². The topological polar surface area (TPSA) is 78.5 Å². The lowest BCUT2D eigenvalue weighted by Crippen LogP contribution is -2.56. The number of hydrogen-bond acceptors (Lipinski definition) is 4. The first kappa shape index (κ1) is 16.6. The van der Waals surface area contributed by atoms with Crippen LogP contribution in [0.4, 0.5) is 0 Å². The van der Waals surface area contributed by atoms with Gasteiger partial charge in [0.25, 0.3) is 5.91 Å². The van der Waals surface area contributed by atoms with Crippen LogP contribution in [0.15, 0.2) is 0 Å². The Morgan fingerprint density at radius 1 is 1.28 bits per heavy atom. The van der Waals surface area contributed by atoms with E-state index in [1.54, 1.807) is 0 Å². The third kappa shape index (κ3) is 2.84. The van der Waals surface area contributed by atoms with E-state index in [0.717, 1.165) is 43.4 Å². The number of ether oxygens (including phenoxy) is 1. The summed E-state index contributed by atoms with van der Waals surface area (Å²) >= 11 is 0. The molecule has 3 heterocycles. The van der Waals surface area contributed by atoms with Crippen LogP contribution in [0.5, 0.6) is 0 Å². The predicted molar refractivity (Wildman–Crippen MR) is 91.3 cm³/mol. The summed E-state index contributed by atoms with van der Waals surface area (Å²) in [5.41, 5.74) is 2.81. The number of aryl methyl sites for hydroxylation is 1. The van der Waals surface area contributed by atoms with Crippen molar-refractivity contribution in [3.63, 3.8) is 0 Å². The Morgan fingerprint density at radius 3 is 2.88 bits per heavy atom. The highest BCUT2D eigenvalue weighted by atomic mass is 16.5. The minimum Gasteiger partial charge on any atom is -0.366 e. The molecule has 2 saturated heterocycles. The van der Waals surface area contributed by atoms with Gasteiger partial charge in [-0.05, 0) is 46.0 Å². The maximum atomic E-state index is 13.0. The molecule has 7 heteroatoms. The maximum Gasteiger partial charge on any atom is 0.274 e. The van der Waals surface area contributed by atoms with Crippen LogP contribution in [0.25, 0.3) is 0 Å². The highest BCUT2D eigenvalue weighted by Gasteiger charge is 2.40. The van der Waals surface area contributed by atoms with Gasteiger partial charge in [0.2, 0.25) is 5.91 Å². The van der Waals surface area contributed by atoms with E-state index in [4.69, 9.17) is 4.74 Å². The Kier molecular flexibility index (Phi) is 4.27. The number of amides is 2. The first-order valence-electron chi connectivity index (χ1n) is 9.34. The molecule has 1 aromatic rings. The molecular formula is C18H26N4O3. The molecule has 136 valence electrons. The van der Waals surface area contributed by atoms with Crippen LogP contribution in [-0.2, 0) is 22.4 Å². The smallest absolute Gasteiger partial charge is 0.274 e. The Morgan fingerprint density at radius 2 is 2.08 bits per heavy atom. The van der Waals surface area contributed by atoms with Gasteiger partial charge >= 0.3 is 0 Å². The van der Waals surface area contributed by atoms with Gasteiger partial charge in [0.15, 0.2) is 5.69 Å². The van der Waals surface area contributed by atoms with Gasteiger partial charge in [-0.2, -0.15) is 5.10 Å². The number of H-pyrrole nitrogens is 1. The standard InChI is InChI=1S/C18H26N4O3/c1-11(2)22-14-6-8-21(9-7-15(14)25-10-16(22)23)18(24)17-12-4-3-5-13(12)19-20-17/h11,14-15H,3-10H2,1-2H3,(H,19,20)/t14-,15-/m0/s1. The Balaban J connectivity index is 1.51. The summed E-state index contributed by atoms with van der Waals surface area (Å²) in [5, 5.41) is 7.30. The highest BCUT2D eigenvalue weighted by molar-refractivity contribution is 5.94. The Labute approximate surface area is 147 Å². The zero-order valence-corrected chi connectivity index (χ0v) is 15.0. The SMILES string of the molecule is CC(C)N1C(=O)CO[C@H]2CCN(C(=O)c3n[nH]c4c3CCC4)CC[C@@H]21.